The molecule has 0 aliphatic rings. The number of nitrogens with one attached hydrogen (secondary N) is 1. The number of hydrogen-bond acceptors (Lipinski definition) is 3. The monoisotopic (exact) mass is 185 g/mol. The van der Waals surface area contributed by atoms with Gasteiger partial charge in [0.05, 0.1) is 5.69 Å². The third kappa shape index (κ3) is 2.44. The molecule has 1 aromatic rings. The van der Waals surface area contributed by atoms with E-state index < -0.39 is 0 Å². The summed E-state index contributed by atoms with van der Waals surface area (Å²) in [4.78, 5) is 4.32. The van der Waals surface area contributed by atoms with Crippen LogP contribution >= 0.6 is 11.8 Å². The van der Waals surface area contributed by atoms with Crippen LogP contribution in [0.2, 0.25) is 0 Å². The predicted octanol–water partition coefficient (Wildman–Crippen LogP) is 1.50. The number of anilines is 1. The fraction of sp³-hybridized carbons (Fsp3) is 0.625. The Morgan fingerprint density at radius 2 is 2.42 bits per heavy atom. The fourth-order valence-corrected chi connectivity index (χ4v) is 1.35. The van der Waals surface area contributed by atoms with E-state index in [1.165, 1.54) is 0 Å². The predicted molar refractivity (Wildman–Crippen MR) is 54.8 cm³/mol. The highest BCUT2D eigenvalue weighted by Gasteiger charge is 1.99. The van der Waals surface area contributed by atoms with Crippen molar-refractivity contribution in [2.24, 2.45) is 7.05 Å². The second-order valence-corrected chi connectivity index (χ2v) is 3.72. The largest absolute Gasteiger partial charge is 0.355 e. The minimum absolute atomic E-state index is 0.960. The van der Waals surface area contributed by atoms with Gasteiger partial charge in [0.25, 0.3) is 0 Å². The lowest BCUT2D eigenvalue weighted by Crippen LogP contribution is -2.07. The van der Waals surface area contributed by atoms with Crippen LogP contribution in [-0.2, 0) is 7.05 Å². The average Bonchev–Trinajstić information content (AvgIpc) is 2.31. The van der Waals surface area contributed by atoms with E-state index in [9.17, 15) is 0 Å². The van der Waals surface area contributed by atoms with Gasteiger partial charge in [-0.1, -0.05) is 0 Å². The number of aromatic nitrogens is 2. The molecule has 1 heterocycles. The van der Waals surface area contributed by atoms with E-state index in [1.54, 1.807) is 0 Å². The van der Waals surface area contributed by atoms with Gasteiger partial charge in [-0.15, -0.1) is 0 Å². The molecule has 1 N–H and O–H groups in total. The number of nitrogens with zero attached hydrogens (tertiary/aromatic N) is 2. The van der Waals surface area contributed by atoms with Crippen LogP contribution in [-0.4, -0.2) is 28.1 Å². The molecule has 0 unspecified atom stereocenters. The van der Waals surface area contributed by atoms with Crippen LogP contribution in [0.5, 0.6) is 0 Å². The van der Waals surface area contributed by atoms with E-state index in [2.05, 4.69) is 16.6 Å². The molecular weight excluding hydrogens is 170 g/mol. The van der Waals surface area contributed by atoms with Gasteiger partial charge < -0.3 is 9.88 Å². The second-order valence-electron chi connectivity index (χ2n) is 2.74. The highest BCUT2D eigenvalue weighted by atomic mass is 32.2. The van der Waals surface area contributed by atoms with Gasteiger partial charge in [0, 0.05) is 25.5 Å². The van der Waals surface area contributed by atoms with Gasteiger partial charge in [-0.2, -0.15) is 11.8 Å². The molecule has 4 heteroatoms. The van der Waals surface area contributed by atoms with Gasteiger partial charge in [-0.25, -0.2) is 4.98 Å². The second kappa shape index (κ2) is 4.40. The van der Waals surface area contributed by atoms with E-state index in [0.717, 1.165) is 23.9 Å². The molecule has 0 saturated heterocycles. The summed E-state index contributed by atoms with van der Waals surface area (Å²) in [6, 6.07) is 0. The standard InChI is InChI=1S/C8H15N3S/c1-7-6-11(2)8(10-7)9-4-5-12-3/h6H,4-5H2,1-3H3,(H,9,10). The zero-order valence-electron chi connectivity index (χ0n) is 7.79. The van der Waals surface area contributed by atoms with Gasteiger partial charge >= 0.3 is 0 Å². The maximum absolute atomic E-state index is 4.32. The number of aryl methyl sites for hydroxylation is 2. The van der Waals surface area contributed by atoms with Crippen molar-refractivity contribution < 1.29 is 0 Å². The molecule has 0 saturated carbocycles. The zero-order valence-corrected chi connectivity index (χ0v) is 8.61. The lowest BCUT2D eigenvalue weighted by atomic mass is 10.6. The van der Waals surface area contributed by atoms with Crippen molar-refractivity contribution in [1.82, 2.24) is 9.55 Å². The van der Waals surface area contributed by atoms with Crippen LogP contribution in [0.1, 0.15) is 5.69 Å². The molecule has 1 rings (SSSR count). The molecule has 0 aromatic carbocycles. The molecule has 0 spiro atoms. The first-order valence-corrected chi connectivity index (χ1v) is 5.36. The first kappa shape index (κ1) is 9.45. The smallest absolute Gasteiger partial charge is 0.202 e. The van der Waals surface area contributed by atoms with Gasteiger partial charge in [0.1, 0.15) is 0 Å². The van der Waals surface area contributed by atoms with Crippen molar-refractivity contribution in [2.45, 2.75) is 6.92 Å². The van der Waals surface area contributed by atoms with Crippen molar-refractivity contribution in [3.8, 4) is 0 Å². The van der Waals surface area contributed by atoms with Crippen molar-refractivity contribution in [3.05, 3.63) is 11.9 Å². The molecule has 0 amide bonds. The molecule has 12 heavy (non-hydrogen) atoms. The summed E-state index contributed by atoms with van der Waals surface area (Å²) in [5.41, 5.74) is 1.06. The van der Waals surface area contributed by atoms with E-state index in [1.807, 2.05) is 36.5 Å². The van der Waals surface area contributed by atoms with Crippen LogP contribution in [0.25, 0.3) is 0 Å². The molecule has 3 nitrogen and oxygen atoms in total. The SMILES string of the molecule is CSCCNc1nc(C)cn1C. The Hall–Kier alpha value is -0.640. The van der Waals surface area contributed by atoms with E-state index in [4.69, 9.17) is 0 Å². The van der Waals surface area contributed by atoms with Gasteiger partial charge in [0.2, 0.25) is 5.95 Å². The lowest BCUT2D eigenvalue weighted by molar-refractivity contribution is 0.907. The quantitative estimate of drug-likeness (QED) is 0.721. The summed E-state index contributed by atoms with van der Waals surface area (Å²) in [5, 5.41) is 3.27. The van der Waals surface area contributed by atoms with E-state index in [0.29, 0.717) is 0 Å². The highest BCUT2D eigenvalue weighted by Crippen LogP contribution is 2.05. The molecule has 0 aliphatic heterocycles. The Morgan fingerprint density at radius 1 is 1.67 bits per heavy atom. The van der Waals surface area contributed by atoms with Gasteiger partial charge in [-0.3, -0.25) is 0 Å². The molecule has 0 radical (unpaired) electrons. The molecule has 0 atom stereocenters. The van der Waals surface area contributed by atoms with Crippen LogP contribution in [0.4, 0.5) is 5.95 Å². The Morgan fingerprint density at radius 3 is 2.92 bits per heavy atom. The number of rotatable bonds is 4. The number of imidazole rings is 1. The molecule has 0 bridgehead atoms. The summed E-state index contributed by atoms with van der Waals surface area (Å²) >= 11 is 1.83. The third-order valence-electron chi connectivity index (χ3n) is 1.59. The average molecular weight is 185 g/mol. The normalized spacial score (nSPS) is 10.2. The maximum atomic E-state index is 4.32. The van der Waals surface area contributed by atoms with Crippen LogP contribution in [0.3, 0.4) is 0 Å². The van der Waals surface area contributed by atoms with Crippen molar-refractivity contribution in [1.29, 1.82) is 0 Å². The van der Waals surface area contributed by atoms with Crippen LogP contribution in [0.15, 0.2) is 6.20 Å². The Labute approximate surface area is 77.6 Å². The Kier molecular flexibility index (Phi) is 3.47. The van der Waals surface area contributed by atoms with Crippen molar-refractivity contribution >= 4 is 17.7 Å². The Bertz CT molecular complexity index is 244. The Balaban J connectivity index is 2.45. The minimum atomic E-state index is 0.960. The van der Waals surface area contributed by atoms with E-state index in [-0.39, 0.29) is 0 Å². The molecular formula is C8H15N3S. The summed E-state index contributed by atoms with van der Waals surface area (Å²) in [5.74, 6) is 2.08. The summed E-state index contributed by atoms with van der Waals surface area (Å²) in [7, 11) is 2.00. The summed E-state index contributed by atoms with van der Waals surface area (Å²) in [6.07, 6.45) is 4.12. The molecule has 1 aromatic heterocycles. The zero-order chi connectivity index (χ0) is 8.97. The van der Waals surface area contributed by atoms with Gasteiger partial charge in [0.15, 0.2) is 0 Å². The maximum Gasteiger partial charge on any atom is 0.202 e. The molecule has 68 valence electrons. The molecule has 0 fully saturated rings. The number of hydrogen-bond donors (Lipinski definition) is 1. The highest BCUT2D eigenvalue weighted by molar-refractivity contribution is 7.98. The topological polar surface area (TPSA) is 29.9 Å². The fourth-order valence-electron chi connectivity index (χ4n) is 1.05. The van der Waals surface area contributed by atoms with Crippen molar-refractivity contribution in [3.63, 3.8) is 0 Å². The van der Waals surface area contributed by atoms with Crippen LogP contribution < -0.4 is 5.32 Å². The first-order valence-electron chi connectivity index (χ1n) is 3.97. The minimum Gasteiger partial charge on any atom is -0.355 e. The summed E-state index contributed by atoms with van der Waals surface area (Å²) in [6.45, 7) is 2.98. The van der Waals surface area contributed by atoms with Crippen LogP contribution in [0, 0.1) is 6.92 Å². The van der Waals surface area contributed by atoms with E-state index >= 15 is 0 Å². The molecule has 0 aliphatic carbocycles. The lowest BCUT2D eigenvalue weighted by Gasteiger charge is -2.03. The van der Waals surface area contributed by atoms with Gasteiger partial charge in [-0.05, 0) is 13.2 Å². The first-order chi connectivity index (χ1) is 5.74. The number of thioether (sulfide) groups is 1. The summed E-state index contributed by atoms with van der Waals surface area (Å²) < 4.78 is 2.01. The third-order valence-corrected chi connectivity index (χ3v) is 2.20. The van der Waals surface area contributed by atoms with Crippen molar-refractivity contribution in [2.75, 3.05) is 23.9 Å².